The first kappa shape index (κ1) is 13.2. The van der Waals surface area contributed by atoms with Gasteiger partial charge in [-0.15, -0.1) is 0 Å². The molecule has 1 aromatic carbocycles. The number of carbonyl (C=O) groups excluding carboxylic acids is 1. The van der Waals surface area contributed by atoms with E-state index in [0.717, 1.165) is 11.1 Å². The molecule has 0 saturated carbocycles. The van der Waals surface area contributed by atoms with Crippen molar-refractivity contribution in [2.75, 3.05) is 13.7 Å². The number of benzene rings is 1. The lowest BCUT2D eigenvalue weighted by Gasteiger charge is -2.13. The fourth-order valence-corrected chi connectivity index (χ4v) is 2.01. The quantitative estimate of drug-likeness (QED) is 0.864. The SMILES string of the molecule is COCCc1cc(C)cc(C(N)=O)c1-n1nccn1. The summed E-state index contributed by atoms with van der Waals surface area (Å²) in [7, 11) is 1.64. The third kappa shape index (κ3) is 2.79. The van der Waals surface area contributed by atoms with Crippen molar-refractivity contribution in [3.63, 3.8) is 0 Å². The summed E-state index contributed by atoms with van der Waals surface area (Å²) in [5.74, 6) is -0.491. The molecule has 0 spiro atoms. The number of nitrogens with two attached hydrogens (primary N) is 1. The number of hydrogen-bond donors (Lipinski definition) is 1. The molecule has 1 heterocycles. The minimum absolute atomic E-state index is 0.419. The maximum absolute atomic E-state index is 11.6. The molecule has 0 unspecified atom stereocenters. The van der Waals surface area contributed by atoms with Gasteiger partial charge >= 0.3 is 0 Å². The lowest BCUT2D eigenvalue weighted by molar-refractivity contribution is 0.0999. The standard InChI is InChI=1S/C13H16N4O2/c1-9-7-10(3-6-19-2)12(11(8-9)13(14)18)17-15-4-5-16-17/h4-5,7-8H,3,6H2,1-2H3,(H2,14,18). The Bertz CT molecular complexity index is 579. The maximum atomic E-state index is 11.6. The van der Waals surface area contributed by atoms with Crippen LogP contribution in [-0.2, 0) is 11.2 Å². The van der Waals surface area contributed by atoms with Crippen molar-refractivity contribution in [1.29, 1.82) is 0 Å². The van der Waals surface area contributed by atoms with Crippen molar-refractivity contribution in [3.05, 3.63) is 41.2 Å². The van der Waals surface area contributed by atoms with Gasteiger partial charge in [-0.25, -0.2) is 0 Å². The Labute approximate surface area is 111 Å². The van der Waals surface area contributed by atoms with E-state index in [0.29, 0.717) is 24.3 Å². The van der Waals surface area contributed by atoms with Gasteiger partial charge in [0.2, 0.25) is 0 Å². The second kappa shape index (κ2) is 5.62. The van der Waals surface area contributed by atoms with E-state index in [1.807, 2.05) is 13.0 Å². The molecule has 0 saturated heterocycles. The number of rotatable bonds is 5. The number of amides is 1. The minimum atomic E-state index is -0.491. The summed E-state index contributed by atoms with van der Waals surface area (Å²) >= 11 is 0. The molecule has 0 aliphatic rings. The monoisotopic (exact) mass is 260 g/mol. The highest BCUT2D eigenvalue weighted by molar-refractivity contribution is 5.97. The van der Waals surface area contributed by atoms with E-state index >= 15 is 0 Å². The Hall–Kier alpha value is -2.21. The van der Waals surface area contributed by atoms with E-state index in [4.69, 9.17) is 10.5 Å². The summed E-state index contributed by atoms with van der Waals surface area (Å²) in [5.41, 5.74) is 8.40. The van der Waals surface area contributed by atoms with Gasteiger partial charge in [-0.05, 0) is 30.5 Å². The first-order valence-corrected chi connectivity index (χ1v) is 5.92. The second-order valence-corrected chi connectivity index (χ2v) is 4.25. The van der Waals surface area contributed by atoms with Crippen LogP contribution < -0.4 is 5.73 Å². The van der Waals surface area contributed by atoms with Crippen LogP contribution in [-0.4, -0.2) is 34.6 Å². The van der Waals surface area contributed by atoms with Gasteiger partial charge in [-0.1, -0.05) is 6.07 Å². The van der Waals surface area contributed by atoms with Crippen molar-refractivity contribution < 1.29 is 9.53 Å². The molecule has 0 radical (unpaired) electrons. The Morgan fingerprint density at radius 3 is 2.63 bits per heavy atom. The zero-order valence-electron chi connectivity index (χ0n) is 11.0. The Kier molecular flexibility index (Phi) is 3.91. The fourth-order valence-electron chi connectivity index (χ4n) is 2.01. The maximum Gasteiger partial charge on any atom is 0.250 e. The molecular weight excluding hydrogens is 244 g/mol. The summed E-state index contributed by atoms with van der Waals surface area (Å²) in [6.07, 6.45) is 3.78. The fraction of sp³-hybridized carbons (Fsp3) is 0.308. The number of nitrogens with zero attached hydrogens (tertiary/aromatic N) is 3. The number of hydrogen-bond acceptors (Lipinski definition) is 4. The Morgan fingerprint density at radius 2 is 2.05 bits per heavy atom. The summed E-state index contributed by atoms with van der Waals surface area (Å²) in [4.78, 5) is 13.0. The van der Waals surface area contributed by atoms with Crippen LogP contribution in [0.5, 0.6) is 0 Å². The molecular formula is C13H16N4O2. The van der Waals surface area contributed by atoms with Crippen LogP contribution in [0, 0.1) is 6.92 Å². The summed E-state index contributed by atoms with van der Waals surface area (Å²) in [6, 6.07) is 3.74. The summed E-state index contributed by atoms with van der Waals surface area (Å²) < 4.78 is 5.09. The highest BCUT2D eigenvalue weighted by Crippen LogP contribution is 2.21. The van der Waals surface area contributed by atoms with E-state index in [9.17, 15) is 4.79 Å². The van der Waals surface area contributed by atoms with Gasteiger partial charge in [-0.2, -0.15) is 15.0 Å². The zero-order valence-corrected chi connectivity index (χ0v) is 11.0. The molecule has 0 aliphatic heterocycles. The number of methoxy groups -OCH3 is 1. The van der Waals surface area contributed by atoms with Crippen LogP contribution in [0.1, 0.15) is 21.5 Å². The van der Waals surface area contributed by atoms with Crippen LogP contribution in [0.2, 0.25) is 0 Å². The topological polar surface area (TPSA) is 83.0 Å². The molecule has 0 bridgehead atoms. The lowest BCUT2D eigenvalue weighted by atomic mass is 10.0. The Balaban J connectivity index is 2.60. The van der Waals surface area contributed by atoms with Crippen LogP contribution in [0.25, 0.3) is 5.69 Å². The smallest absolute Gasteiger partial charge is 0.250 e. The molecule has 6 nitrogen and oxygen atoms in total. The molecule has 100 valence electrons. The number of aryl methyl sites for hydroxylation is 1. The van der Waals surface area contributed by atoms with E-state index < -0.39 is 5.91 Å². The van der Waals surface area contributed by atoms with Crippen LogP contribution in [0.4, 0.5) is 0 Å². The van der Waals surface area contributed by atoms with Gasteiger partial charge in [0.05, 0.1) is 24.6 Å². The van der Waals surface area contributed by atoms with Gasteiger partial charge in [-0.3, -0.25) is 4.79 Å². The van der Waals surface area contributed by atoms with Gasteiger partial charge < -0.3 is 10.5 Å². The van der Waals surface area contributed by atoms with Crippen LogP contribution >= 0.6 is 0 Å². The third-order valence-corrected chi connectivity index (χ3v) is 2.79. The molecule has 19 heavy (non-hydrogen) atoms. The molecule has 2 N–H and O–H groups in total. The van der Waals surface area contributed by atoms with Gasteiger partial charge in [0.15, 0.2) is 0 Å². The molecule has 2 rings (SSSR count). The molecule has 1 aromatic heterocycles. The molecule has 2 aromatic rings. The third-order valence-electron chi connectivity index (χ3n) is 2.79. The van der Waals surface area contributed by atoms with Crippen molar-refractivity contribution in [1.82, 2.24) is 15.0 Å². The minimum Gasteiger partial charge on any atom is -0.384 e. The normalized spacial score (nSPS) is 10.6. The first-order valence-electron chi connectivity index (χ1n) is 5.92. The van der Waals surface area contributed by atoms with Crippen molar-refractivity contribution >= 4 is 5.91 Å². The van der Waals surface area contributed by atoms with Gasteiger partial charge in [0, 0.05) is 7.11 Å². The molecule has 0 aliphatic carbocycles. The van der Waals surface area contributed by atoms with Crippen molar-refractivity contribution in [2.24, 2.45) is 5.73 Å². The van der Waals surface area contributed by atoms with E-state index in [1.54, 1.807) is 25.6 Å². The number of aromatic nitrogens is 3. The lowest BCUT2D eigenvalue weighted by Crippen LogP contribution is -2.18. The highest BCUT2D eigenvalue weighted by Gasteiger charge is 2.16. The van der Waals surface area contributed by atoms with E-state index in [-0.39, 0.29) is 0 Å². The van der Waals surface area contributed by atoms with Crippen molar-refractivity contribution in [2.45, 2.75) is 13.3 Å². The first-order chi connectivity index (χ1) is 9.13. The Morgan fingerprint density at radius 1 is 1.37 bits per heavy atom. The zero-order chi connectivity index (χ0) is 13.8. The van der Waals surface area contributed by atoms with Crippen LogP contribution in [0.15, 0.2) is 24.5 Å². The molecule has 0 atom stereocenters. The van der Waals surface area contributed by atoms with E-state index in [1.165, 1.54) is 4.80 Å². The predicted molar refractivity (Wildman–Crippen MR) is 70.2 cm³/mol. The van der Waals surface area contributed by atoms with Gasteiger partial charge in [0.1, 0.15) is 5.69 Å². The average molecular weight is 260 g/mol. The van der Waals surface area contributed by atoms with Crippen LogP contribution in [0.3, 0.4) is 0 Å². The molecule has 1 amide bonds. The number of primary amides is 1. The molecule has 0 fully saturated rings. The largest absolute Gasteiger partial charge is 0.384 e. The number of ether oxygens (including phenoxy) is 1. The predicted octanol–water partition coefficient (Wildman–Crippen LogP) is 0.864. The summed E-state index contributed by atoms with van der Waals surface area (Å²) in [6.45, 7) is 2.47. The van der Waals surface area contributed by atoms with Gasteiger partial charge in [0.25, 0.3) is 5.91 Å². The average Bonchev–Trinajstić information content (AvgIpc) is 2.89. The second-order valence-electron chi connectivity index (χ2n) is 4.25. The molecule has 6 heteroatoms. The van der Waals surface area contributed by atoms with E-state index in [2.05, 4.69) is 10.2 Å². The number of carbonyl (C=O) groups is 1. The van der Waals surface area contributed by atoms with Crippen molar-refractivity contribution in [3.8, 4) is 5.69 Å². The highest BCUT2D eigenvalue weighted by atomic mass is 16.5. The summed E-state index contributed by atoms with van der Waals surface area (Å²) in [5, 5.41) is 8.17.